The second kappa shape index (κ2) is 8.54. The fourth-order valence-corrected chi connectivity index (χ4v) is 6.42. The van der Waals surface area contributed by atoms with E-state index in [1.165, 1.54) is 0 Å². The Morgan fingerprint density at radius 3 is 1.15 bits per heavy atom. The van der Waals surface area contributed by atoms with Crippen molar-refractivity contribution in [3.8, 4) is 31.7 Å². The highest BCUT2D eigenvalue weighted by Gasteiger charge is 2.35. The molecular formula is C24H21BN6S3. The Bertz CT molecular complexity index is 1350. The minimum Gasteiger partial charge on any atom is -0.260 e. The van der Waals surface area contributed by atoms with Crippen molar-refractivity contribution in [3.63, 3.8) is 0 Å². The molecule has 0 N–H and O–H groups in total. The largest absolute Gasteiger partial charge is 0.570 e. The lowest BCUT2D eigenvalue weighted by Gasteiger charge is -2.20. The molecule has 0 bridgehead atoms. The van der Waals surface area contributed by atoms with Crippen LogP contribution in [0.3, 0.4) is 0 Å². The number of rotatable bonds is 6. The molecule has 6 heterocycles. The van der Waals surface area contributed by atoms with Gasteiger partial charge in [-0.3, -0.25) is 13.8 Å². The summed E-state index contributed by atoms with van der Waals surface area (Å²) in [4.78, 5) is 3.48. The minimum absolute atomic E-state index is 0.414. The van der Waals surface area contributed by atoms with E-state index in [4.69, 9.17) is 15.3 Å². The van der Waals surface area contributed by atoms with E-state index in [0.29, 0.717) is 0 Å². The van der Waals surface area contributed by atoms with Crippen LogP contribution in [0.15, 0.2) is 70.7 Å². The third-order valence-corrected chi connectivity index (χ3v) is 8.23. The summed E-state index contributed by atoms with van der Waals surface area (Å²) in [6.07, 6.45) is 0. The number of nitrogens with zero attached hydrogens (tertiary/aromatic N) is 6. The molecule has 0 saturated carbocycles. The lowest BCUT2D eigenvalue weighted by atomic mass is 9.92. The molecule has 0 spiro atoms. The summed E-state index contributed by atoms with van der Waals surface area (Å²) >= 11 is 5.13. The Kier molecular flexibility index (Phi) is 5.36. The first-order valence-corrected chi connectivity index (χ1v) is 13.5. The lowest BCUT2D eigenvalue weighted by Crippen LogP contribution is -2.45. The smallest absolute Gasteiger partial charge is 0.260 e. The predicted molar refractivity (Wildman–Crippen MR) is 143 cm³/mol. The molecule has 168 valence electrons. The zero-order valence-corrected chi connectivity index (χ0v) is 21.4. The first-order chi connectivity index (χ1) is 16.6. The van der Waals surface area contributed by atoms with Gasteiger partial charge in [0, 0.05) is 0 Å². The maximum absolute atomic E-state index is 4.99. The van der Waals surface area contributed by atoms with Gasteiger partial charge in [0.1, 0.15) is 0 Å². The van der Waals surface area contributed by atoms with Gasteiger partial charge in [0.15, 0.2) is 0 Å². The maximum atomic E-state index is 4.99. The Labute approximate surface area is 209 Å². The Morgan fingerprint density at radius 1 is 0.559 bits per heavy atom. The third kappa shape index (κ3) is 3.68. The Morgan fingerprint density at radius 2 is 0.882 bits per heavy atom. The molecule has 0 fully saturated rings. The maximum Gasteiger partial charge on any atom is 0.570 e. The average Bonchev–Trinajstić information content (AvgIpc) is 3.62. The minimum atomic E-state index is -0.414. The van der Waals surface area contributed by atoms with Gasteiger partial charge in [-0.1, -0.05) is 18.2 Å². The predicted octanol–water partition coefficient (Wildman–Crippen LogP) is 6.32. The number of aryl methyl sites for hydroxylation is 3. The van der Waals surface area contributed by atoms with Gasteiger partial charge in [0.2, 0.25) is 0 Å². The first kappa shape index (κ1) is 21.3. The van der Waals surface area contributed by atoms with E-state index in [2.05, 4.69) is 84.5 Å². The van der Waals surface area contributed by atoms with Crippen LogP contribution in [0.2, 0.25) is 0 Å². The fourth-order valence-electron chi connectivity index (χ4n) is 4.21. The zero-order valence-electron chi connectivity index (χ0n) is 18.9. The normalized spacial score (nSPS) is 11.4. The van der Waals surface area contributed by atoms with Gasteiger partial charge in [-0.2, -0.15) is 15.3 Å². The van der Waals surface area contributed by atoms with E-state index in [1.54, 1.807) is 34.0 Å². The molecule has 0 saturated heterocycles. The molecule has 0 aliphatic heterocycles. The van der Waals surface area contributed by atoms with Crippen LogP contribution in [0.1, 0.15) is 17.1 Å². The summed E-state index contributed by atoms with van der Waals surface area (Å²) < 4.78 is 6.19. The molecule has 6 rings (SSSR count). The van der Waals surface area contributed by atoms with Crippen LogP contribution in [0.4, 0.5) is 0 Å². The number of hydrogen-bond donors (Lipinski definition) is 0. The molecule has 0 aliphatic carbocycles. The number of thiophene rings is 3. The van der Waals surface area contributed by atoms with Crippen LogP contribution in [0.5, 0.6) is 0 Å². The number of hydrogen-bond acceptors (Lipinski definition) is 6. The highest BCUT2D eigenvalue weighted by atomic mass is 32.1. The highest BCUT2D eigenvalue weighted by Crippen LogP contribution is 2.32. The quantitative estimate of drug-likeness (QED) is 0.252. The van der Waals surface area contributed by atoms with Crippen LogP contribution in [0, 0.1) is 20.8 Å². The summed E-state index contributed by atoms with van der Waals surface area (Å²) in [5, 5.41) is 21.3. The standard InChI is InChI=1S/C24H21BN6S3/c1-16-13-19(22-7-4-10-32-22)29(26-16)25(30-20(14-17(2)27-30)23-8-5-11-33-23)31-21(15-18(3)28-31)24-9-6-12-34-24/h4-15H,1-3H3. The van der Waals surface area contributed by atoms with Crippen LogP contribution < -0.4 is 0 Å². The van der Waals surface area contributed by atoms with Gasteiger partial charge in [-0.15, -0.1) is 34.0 Å². The van der Waals surface area contributed by atoms with Crippen molar-refractivity contribution in [1.82, 2.24) is 29.1 Å². The SMILES string of the molecule is Cc1cc(-c2cccs2)n(B(n2nc(C)cc2-c2cccs2)n2nc(C)cc2-c2cccs2)n1. The van der Waals surface area contributed by atoms with E-state index in [1.807, 2.05) is 20.8 Å². The molecule has 10 heteroatoms. The second-order valence-corrected chi connectivity index (χ2v) is 11.0. The first-order valence-electron chi connectivity index (χ1n) is 10.9. The van der Waals surface area contributed by atoms with Gasteiger partial charge in [0.05, 0.1) is 48.8 Å². The second-order valence-electron chi connectivity index (χ2n) is 8.12. The molecular weight excluding hydrogens is 479 g/mol. The van der Waals surface area contributed by atoms with Crippen molar-refractivity contribution in [2.45, 2.75) is 20.8 Å². The van der Waals surface area contributed by atoms with E-state index in [-0.39, 0.29) is 0 Å². The molecule has 0 amide bonds. The van der Waals surface area contributed by atoms with Crippen molar-refractivity contribution in [3.05, 3.63) is 87.8 Å². The lowest BCUT2D eigenvalue weighted by molar-refractivity contribution is 0.768. The Balaban J connectivity index is 1.65. The summed E-state index contributed by atoms with van der Waals surface area (Å²) in [7, 11) is -0.414. The van der Waals surface area contributed by atoms with Crippen LogP contribution >= 0.6 is 34.0 Å². The fraction of sp³-hybridized carbons (Fsp3) is 0.125. The highest BCUT2D eigenvalue weighted by molar-refractivity contribution is 7.14. The molecule has 6 nitrogen and oxygen atoms in total. The summed E-state index contributed by atoms with van der Waals surface area (Å²) in [6.45, 7) is 6.11. The van der Waals surface area contributed by atoms with Gasteiger partial charge in [-0.25, -0.2) is 0 Å². The molecule has 0 aliphatic rings. The van der Waals surface area contributed by atoms with Crippen LogP contribution in [0.25, 0.3) is 31.7 Å². The summed E-state index contributed by atoms with van der Waals surface area (Å²) in [5.41, 5.74) is 6.01. The van der Waals surface area contributed by atoms with Crippen molar-refractivity contribution in [1.29, 1.82) is 0 Å². The van der Waals surface area contributed by atoms with Gasteiger partial charge in [-0.05, 0) is 73.3 Å². The van der Waals surface area contributed by atoms with Crippen molar-refractivity contribution in [2.24, 2.45) is 0 Å². The van der Waals surface area contributed by atoms with E-state index in [0.717, 1.165) is 48.8 Å². The van der Waals surface area contributed by atoms with Crippen molar-refractivity contribution >= 4 is 41.1 Å². The summed E-state index contributed by atoms with van der Waals surface area (Å²) in [5.74, 6) is 0. The molecule has 6 aromatic rings. The number of aromatic nitrogens is 6. The van der Waals surface area contributed by atoms with E-state index in [9.17, 15) is 0 Å². The summed E-state index contributed by atoms with van der Waals surface area (Å²) in [6, 6.07) is 19.1. The molecule has 0 radical (unpaired) electrons. The molecule has 34 heavy (non-hydrogen) atoms. The van der Waals surface area contributed by atoms with Crippen molar-refractivity contribution < 1.29 is 0 Å². The van der Waals surface area contributed by atoms with Gasteiger partial charge < -0.3 is 0 Å². The van der Waals surface area contributed by atoms with E-state index < -0.39 is 7.12 Å². The zero-order chi connectivity index (χ0) is 23.2. The van der Waals surface area contributed by atoms with Gasteiger partial charge >= 0.3 is 7.12 Å². The topological polar surface area (TPSA) is 53.5 Å². The van der Waals surface area contributed by atoms with Crippen molar-refractivity contribution in [2.75, 3.05) is 0 Å². The molecule has 6 aromatic heterocycles. The average molecular weight is 500 g/mol. The van der Waals surface area contributed by atoms with Crippen LogP contribution in [-0.2, 0) is 0 Å². The van der Waals surface area contributed by atoms with E-state index >= 15 is 0 Å². The molecule has 0 unspecified atom stereocenters. The monoisotopic (exact) mass is 500 g/mol. The molecule has 0 aromatic carbocycles. The molecule has 0 atom stereocenters. The van der Waals surface area contributed by atoms with Gasteiger partial charge in [0.25, 0.3) is 0 Å². The Hall–Kier alpha value is -3.21. The van der Waals surface area contributed by atoms with Crippen LogP contribution in [-0.4, -0.2) is 36.2 Å². The third-order valence-electron chi connectivity index (χ3n) is 5.55.